The van der Waals surface area contributed by atoms with Crippen LogP contribution in [0.3, 0.4) is 0 Å². The Bertz CT molecular complexity index is 368. The molecule has 1 rings (SSSR count). The lowest BCUT2D eigenvalue weighted by molar-refractivity contribution is 0.307. The summed E-state index contributed by atoms with van der Waals surface area (Å²) in [5, 5.41) is 9.34. The second kappa shape index (κ2) is 5.82. The molecule has 0 heterocycles. The highest BCUT2D eigenvalue weighted by Crippen LogP contribution is 2.13. The van der Waals surface area contributed by atoms with E-state index in [0.717, 1.165) is 18.7 Å². The minimum Gasteiger partial charge on any atom is -0.508 e. The molecule has 0 aliphatic rings. The molecule has 0 fully saturated rings. The van der Waals surface area contributed by atoms with E-state index in [1.165, 1.54) is 0 Å². The number of hydrogen-bond donors (Lipinski definition) is 2. The van der Waals surface area contributed by atoms with Crippen molar-refractivity contribution in [2.24, 2.45) is 11.7 Å². The van der Waals surface area contributed by atoms with Crippen LogP contribution in [-0.2, 0) is 6.54 Å². The monoisotopic (exact) mass is 238 g/mol. The molecular weight excluding hydrogens is 220 g/mol. The Morgan fingerprint density at radius 3 is 2.81 bits per heavy atom. The number of phenolic OH excluding ortho intramolecular Hbond substituents is 1. The van der Waals surface area contributed by atoms with Crippen molar-refractivity contribution in [2.75, 3.05) is 13.6 Å². The van der Waals surface area contributed by atoms with E-state index in [0.29, 0.717) is 10.7 Å². The maximum atomic E-state index is 9.34. The average molecular weight is 238 g/mol. The van der Waals surface area contributed by atoms with Gasteiger partial charge < -0.3 is 15.7 Å². The van der Waals surface area contributed by atoms with E-state index in [4.69, 9.17) is 18.0 Å². The van der Waals surface area contributed by atoms with Gasteiger partial charge in [-0.2, -0.15) is 0 Å². The van der Waals surface area contributed by atoms with Gasteiger partial charge in [0, 0.05) is 19.0 Å². The Morgan fingerprint density at radius 1 is 1.56 bits per heavy atom. The van der Waals surface area contributed by atoms with E-state index in [2.05, 4.69) is 4.90 Å². The largest absolute Gasteiger partial charge is 0.508 e. The molecule has 1 atom stereocenters. The molecule has 0 aliphatic heterocycles. The van der Waals surface area contributed by atoms with Crippen LogP contribution in [0.15, 0.2) is 24.3 Å². The molecule has 4 heteroatoms. The zero-order valence-corrected chi connectivity index (χ0v) is 10.5. The molecule has 0 amide bonds. The van der Waals surface area contributed by atoms with Crippen LogP contribution in [0.1, 0.15) is 12.5 Å². The zero-order chi connectivity index (χ0) is 12.1. The van der Waals surface area contributed by atoms with Crippen molar-refractivity contribution in [3.8, 4) is 5.75 Å². The van der Waals surface area contributed by atoms with Gasteiger partial charge in [-0.1, -0.05) is 31.3 Å². The summed E-state index contributed by atoms with van der Waals surface area (Å²) in [6.07, 6.45) is 0. The first-order valence-corrected chi connectivity index (χ1v) is 5.65. The van der Waals surface area contributed by atoms with Crippen LogP contribution in [-0.4, -0.2) is 28.6 Å². The van der Waals surface area contributed by atoms with Gasteiger partial charge in [-0.15, -0.1) is 0 Å². The third-order valence-corrected chi connectivity index (χ3v) is 2.84. The molecule has 0 aliphatic carbocycles. The molecule has 0 radical (unpaired) electrons. The topological polar surface area (TPSA) is 49.5 Å². The average Bonchev–Trinajstić information content (AvgIpc) is 2.16. The molecule has 1 unspecified atom stereocenters. The van der Waals surface area contributed by atoms with E-state index in [1.807, 2.05) is 26.1 Å². The first-order chi connectivity index (χ1) is 7.49. The molecule has 0 spiro atoms. The number of phenols is 1. The van der Waals surface area contributed by atoms with Crippen LogP contribution >= 0.6 is 12.2 Å². The first kappa shape index (κ1) is 12.9. The fourth-order valence-corrected chi connectivity index (χ4v) is 1.66. The molecule has 1 aromatic rings. The number of hydrogen-bond acceptors (Lipinski definition) is 3. The van der Waals surface area contributed by atoms with Gasteiger partial charge in [0.05, 0.1) is 4.99 Å². The maximum absolute atomic E-state index is 9.34. The molecule has 0 saturated carbocycles. The molecule has 0 bridgehead atoms. The summed E-state index contributed by atoms with van der Waals surface area (Å²) in [7, 11) is 2.01. The van der Waals surface area contributed by atoms with Gasteiger partial charge in [0.2, 0.25) is 0 Å². The van der Waals surface area contributed by atoms with Crippen LogP contribution in [0.25, 0.3) is 0 Å². The Hall–Kier alpha value is -1.13. The number of nitrogens with two attached hydrogens (primary N) is 1. The zero-order valence-electron chi connectivity index (χ0n) is 9.68. The first-order valence-electron chi connectivity index (χ1n) is 5.25. The van der Waals surface area contributed by atoms with E-state index < -0.39 is 0 Å². The lowest BCUT2D eigenvalue weighted by atomic mass is 10.1. The molecule has 3 nitrogen and oxygen atoms in total. The van der Waals surface area contributed by atoms with Crippen molar-refractivity contribution in [3.63, 3.8) is 0 Å². The fraction of sp³-hybridized carbons (Fsp3) is 0.417. The summed E-state index contributed by atoms with van der Waals surface area (Å²) in [6, 6.07) is 7.26. The van der Waals surface area contributed by atoms with Gasteiger partial charge in [0.1, 0.15) is 5.75 Å². The maximum Gasteiger partial charge on any atom is 0.115 e. The molecule has 3 N–H and O–H groups in total. The third kappa shape index (κ3) is 4.16. The van der Waals surface area contributed by atoms with Gasteiger partial charge in [0.25, 0.3) is 0 Å². The summed E-state index contributed by atoms with van der Waals surface area (Å²) >= 11 is 4.93. The van der Waals surface area contributed by atoms with E-state index in [-0.39, 0.29) is 5.92 Å². The predicted molar refractivity (Wildman–Crippen MR) is 70.4 cm³/mol. The van der Waals surface area contributed by atoms with Gasteiger partial charge in [0.15, 0.2) is 0 Å². The van der Waals surface area contributed by atoms with Crippen LogP contribution < -0.4 is 5.73 Å². The van der Waals surface area contributed by atoms with Crippen molar-refractivity contribution in [2.45, 2.75) is 13.5 Å². The number of rotatable bonds is 5. The number of aromatic hydroxyl groups is 1. The molecule has 0 saturated heterocycles. The number of benzene rings is 1. The standard InChI is InChI=1S/C12H18N2OS/c1-9(12(13)16)7-14(2)8-10-4-3-5-11(15)6-10/h3-6,9,15H,7-8H2,1-2H3,(H2,13,16). The Labute approximate surface area is 102 Å². The highest BCUT2D eigenvalue weighted by Gasteiger charge is 2.09. The SMILES string of the molecule is CC(CN(C)Cc1cccc(O)c1)C(N)=S. The lowest BCUT2D eigenvalue weighted by Crippen LogP contribution is -2.31. The normalized spacial score (nSPS) is 12.7. The van der Waals surface area contributed by atoms with Crippen LogP contribution in [0.5, 0.6) is 5.75 Å². The summed E-state index contributed by atoms with van der Waals surface area (Å²) in [4.78, 5) is 2.68. The highest BCUT2D eigenvalue weighted by atomic mass is 32.1. The fourth-order valence-electron chi connectivity index (χ4n) is 1.59. The quantitative estimate of drug-likeness (QED) is 0.767. The number of nitrogens with zero attached hydrogens (tertiary/aromatic N) is 1. The summed E-state index contributed by atoms with van der Waals surface area (Å²) in [5.41, 5.74) is 6.65. The van der Waals surface area contributed by atoms with Gasteiger partial charge >= 0.3 is 0 Å². The highest BCUT2D eigenvalue weighted by molar-refractivity contribution is 7.80. The second-order valence-electron chi connectivity index (χ2n) is 4.17. The van der Waals surface area contributed by atoms with Crippen molar-refractivity contribution in [1.82, 2.24) is 4.90 Å². The lowest BCUT2D eigenvalue weighted by Gasteiger charge is -2.20. The summed E-state index contributed by atoms with van der Waals surface area (Å²) < 4.78 is 0. The Kier molecular flexibility index (Phi) is 4.71. The van der Waals surface area contributed by atoms with Crippen LogP contribution in [0.2, 0.25) is 0 Å². The smallest absolute Gasteiger partial charge is 0.115 e. The van der Waals surface area contributed by atoms with Crippen molar-refractivity contribution in [3.05, 3.63) is 29.8 Å². The third-order valence-electron chi connectivity index (χ3n) is 2.43. The van der Waals surface area contributed by atoms with Crippen molar-refractivity contribution < 1.29 is 5.11 Å². The van der Waals surface area contributed by atoms with Gasteiger partial charge in [-0.05, 0) is 24.7 Å². The van der Waals surface area contributed by atoms with Crippen LogP contribution in [0.4, 0.5) is 0 Å². The minimum atomic E-state index is 0.206. The van der Waals surface area contributed by atoms with Crippen LogP contribution in [0, 0.1) is 5.92 Å². The minimum absolute atomic E-state index is 0.206. The van der Waals surface area contributed by atoms with Crippen molar-refractivity contribution >= 4 is 17.2 Å². The van der Waals surface area contributed by atoms with E-state index in [1.54, 1.807) is 12.1 Å². The molecule has 16 heavy (non-hydrogen) atoms. The van der Waals surface area contributed by atoms with Gasteiger partial charge in [-0.3, -0.25) is 0 Å². The number of thiocarbonyl (C=S) groups is 1. The summed E-state index contributed by atoms with van der Waals surface area (Å²) in [6.45, 7) is 3.62. The van der Waals surface area contributed by atoms with Crippen molar-refractivity contribution in [1.29, 1.82) is 0 Å². The Balaban J connectivity index is 2.51. The molecule has 0 aromatic heterocycles. The molecule has 1 aromatic carbocycles. The Morgan fingerprint density at radius 2 is 2.25 bits per heavy atom. The predicted octanol–water partition coefficient (Wildman–Crippen LogP) is 1.75. The molecular formula is C12H18N2OS. The van der Waals surface area contributed by atoms with Gasteiger partial charge in [-0.25, -0.2) is 0 Å². The summed E-state index contributed by atoms with van der Waals surface area (Å²) in [5.74, 6) is 0.505. The van der Waals surface area contributed by atoms with E-state index >= 15 is 0 Å². The second-order valence-corrected chi connectivity index (χ2v) is 4.64. The molecule has 88 valence electrons. The van der Waals surface area contributed by atoms with E-state index in [9.17, 15) is 5.11 Å².